The molecule has 0 unspecified atom stereocenters. The van der Waals surface area contributed by atoms with Crippen LogP contribution in [0.15, 0.2) is 48.5 Å². The largest absolute Gasteiger partial charge is 0.442 e. The van der Waals surface area contributed by atoms with E-state index in [1.165, 1.54) is 31.2 Å². The van der Waals surface area contributed by atoms with Crippen LogP contribution < -0.4 is 10.4 Å². The van der Waals surface area contributed by atoms with Gasteiger partial charge < -0.3 is 4.74 Å². The van der Waals surface area contributed by atoms with Gasteiger partial charge in [0.05, 0.1) is 16.3 Å². The number of ketones is 1. The Morgan fingerprint density at radius 3 is 2.04 bits per heavy atom. The average Bonchev–Trinajstić information content (AvgIpc) is 2.58. The summed E-state index contributed by atoms with van der Waals surface area (Å²) in [5.41, 5.74) is 3.55. The van der Waals surface area contributed by atoms with Crippen LogP contribution in [0.3, 0.4) is 0 Å². The number of carbonyl (C=O) groups is 2. The fourth-order valence-corrected chi connectivity index (χ4v) is 2.16. The van der Waals surface area contributed by atoms with Gasteiger partial charge in [0.1, 0.15) is 5.60 Å². The number of non-ortho nitro benzene ring substituents is 1. The molecule has 0 aliphatic heterocycles. The minimum atomic E-state index is -0.726. The highest BCUT2D eigenvalue weighted by Crippen LogP contribution is 2.23. The molecule has 2 aromatic rings. The van der Waals surface area contributed by atoms with E-state index in [-0.39, 0.29) is 11.5 Å². The number of hydrogen-bond acceptors (Lipinski definition) is 6. The molecule has 0 saturated carbocycles. The predicted octanol–water partition coefficient (Wildman–Crippen LogP) is 4.57. The number of nitrogens with one attached hydrogen (secondary N) is 1. The van der Waals surface area contributed by atoms with Crippen molar-refractivity contribution in [2.45, 2.75) is 33.3 Å². The molecule has 0 aromatic heterocycles. The lowest BCUT2D eigenvalue weighted by atomic mass is 10.1. The Balaban J connectivity index is 2.32. The second-order valence-corrected chi connectivity index (χ2v) is 6.83. The van der Waals surface area contributed by atoms with E-state index in [1.807, 2.05) is 0 Å². The van der Waals surface area contributed by atoms with Gasteiger partial charge in [-0.2, -0.15) is 5.01 Å². The van der Waals surface area contributed by atoms with Crippen molar-refractivity contribution in [3.05, 3.63) is 64.2 Å². The molecule has 8 heteroatoms. The fraction of sp³-hybridized carbons (Fsp3) is 0.263. The summed E-state index contributed by atoms with van der Waals surface area (Å²) in [6.07, 6.45) is -0.674. The summed E-state index contributed by atoms with van der Waals surface area (Å²) in [7, 11) is 0. The van der Waals surface area contributed by atoms with E-state index in [0.717, 1.165) is 5.01 Å². The molecule has 2 aromatic carbocycles. The van der Waals surface area contributed by atoms with E-state index in [0.29, 0.717) is 16.9 Å². The summed E-state index contributed by atoms with van der Waals surface area (Å²) in [6, 6.07) is 12.1. The molecule has 0 radical (unpaired) electrons. The second kappa shape index (κ2) is 7.86. The van der Waals surface area contributed by atoms with Gasteiger partial charge in [-0.05, 0) is 64.1 Å². The molecule has 0 saturated heterocycles. The molecule has 2 rings (SSSR count). The van der Waals surface area contributed by atoms with Crippen molar-refractivity contribution < 1.29 is 19.2 Å². The van der Waals surface area contributed by atoms with Crippen LogP contribution in [-0.2, 0) is 4.74 Å². The number of hydrogen-bond donors (Lipinski definition) is 1. The Hall–Kier alpha value is -3.42. The van der Waals surface area contributed by atoms with E-state index < -0.39 is 16.6 Å². The molecular weight excluding hydrogens is 350 g/mol. The third-order valence-electron chi connectivity index (χ3n) is 3.43. The zero-order chi connectivity index (χ0) is 20.2. The van der Waals surface area contributed by atoms with Crippen LogP contribution in [0.4, 0.5) is 21.9 Å². The van der Waals surface area contributed by atoms with Crippen LogP contribution in [0.25, 0.3) is 0 Å². The SMILES string of the molecule is CC(=O)c1ccc(NN(C(=O)OC(C)(C)C)c2ccc([N+](=O)[O-])cc2)cc1. The molecule has 142 valence electrons. The first-order valence-corrected chi connectivity index (χ1v) is 8.22. The van der Waals surface area contributed by atoms with Crippen molar-refractivity contribution in [1.82, 2.24) is 0 Å². The minimum Gasteiger partial charge on any atom is -0.442 e. The van der Waals surface area contributed by atoms with Gasteiger partial charge in [-0.3, -0.25) is 20.3 Å². The van der Waals surface area contributed by atoms with Crippen LogP contribution in [-0.4, -0.2) is 22.4 Å². The lowest BCUT2D eigenvalue weighted by Crippen LogP contribution is -2.40. The number of Topliss-reactive ketones (excluding diaryl/α,β-unsaturated/α-hetero) is 1. The van der Waals surface area contributed by atoms with E-state index in [4.69, 9.17) is 4.74 Å². The first kappa shape index (κ1) is 19.9. The molecule has 1 N–H and O–H groups in total. The van der Waals surface area contributed by atoms with Crippen LogP contribution in [0.5, 0.6) is 0 Å². The van der Waals surface area contributed by atoms with Gasteiger partial charge in [0.2, 0.25) is 0 Å². The number of nitro benzene ring substituents is 1. The van der Waals surface area contributed by atoms with Crippen molar-refractivity contribution in [3.63, 3.8) is 0 Å². The number of rotatable bonds is 5. The van der Waals surface area contributed by atoms with Gasteiger partial charge in [0.25, 0.3) is 5.69 Å². The summed E-state index contributed by atoms with van der Waals surface area (Å²) in [5, 5.41) is 12.0. The highest BCUT2D eigenvalue weighted by atomic mass is 16.6. The van der Waals surface area contributed by atoms with E-state index in [2.05, 4.69) is 5.43 Å². The van der Waals surface area contributed by atoms with Crippen molar-refractivity contribution >= 4 is 28.9 Å². The molecule has 0 aliphatic carbocycles. The number of benzene rings is 2. The van der Waals surface area contributed by atoms with Gasteiger partial charge in [-0.15, -0.1) is 0 Å². The lowest BCUT2D eigenvalue weighted by Gasteiger charge is -2.28. The minimum absolute atomic E-state index is 0.0686. The molecule has 0 aliphatic rings. The number of amides is 1. The topological polar surface area (TPSA) is 102 Å². The molecule has 0 atom stereocenters. The van der Waals surface area contributed by atoms with Crippen LogP contribution >= 0.6 is 0 Å². The predicted molar refractivity (Wildman–Crippen MR) is 102 cm³/mol. The Labute approximate surface area is 156 Å². The Morgan fingerprint density at radius 1 is 1.04 bits per heavy atom. The number of carbonyl (C=O) groups excluding carboxylic acids is 2. The number of nitrogens with zero attached hydrogens (tertiary/aromatic N) is 2. The molecule has 0 fully saturated rings. The normalized spacial score (nSPS) is 10.8. The highest BCUT2D eigenvalue weighted by molar-refractivity contribution is 5.94. The smallest absolute Gasteiger partial charge is 0.433 e. The van der Waals surface area contributed by atoms with Gasteiger partial charge in [-0.1, -0.05) is 0 Å². The zero-order valence-corrected chi connectivity index (χ0v) is 15.6. The molecule has 27 heavy (non-hydrogen) atoms. The standard InChI is InChI=1S/C19H21N3O5/c1-13(23)14-5-7-15(8-6-14)20-21(18(24)27-19(2,3)4)16-9-11-17(12-10-16)22(25)26/h5-12,20H,1-4H3. The Kier molecular flexibility index (Phi) is 5.79. The van der Waals surface area contributed by atoms with Gasteiger partial charge >= 0.3 is 6.09 Å². The van der Waals surface area contributed by atoms with Crippen molar-refractivity contribution in [2.75, 3.05) is 10.4 Å². The zero-order valence-electron chi connectivity index (χ0n) is 15.6. The maximum Gasteiger partial charge on any atom is 0.433 e. The number of anilines is 2. The summed E-state index contributed by atoms with van der Waals surface area (Å²) < 4.78 is 5.40. The maximum absolute atomic E-state index is 12.6. The monoisotopic (exact) mass is 371 g/mol. The summed E-state index contributed by atoms with van der Waals surface area (Å²) in [6.45, 7) is 6.67. The third-order valence-corrected chi connectivity index (χ3v) is 3.43. The molecule has 0 bridgehead atoms. The lowest BCUT2D eigenvalue weighted by molar-refractivity contribution is -0.384. The summed E-state index contributed by atoms with van der Waals surface area (Å²) in [4.78, 5) is 34.3. The Bertz CT molecular complexity index is 839. The van der Waals surface area contributed by atoms with Gasteiger partial charge in [-0.25, -0.2) is 4.79 Å². The van der Waals surface area contributed by atoms with Crippen LogP contribution in [0.2, 0.25) is 0 Å². The number of ether oxygens (including phenoxy) is 1. The third kappa shape index (κ3) is 5.53. The van der Waals surface area contributed by atoms with Crippen molar-refractivity contribution in [1.29, 1.82) is 0 Å². The highest BCUT2D eigenvalue weighted by Gasteiger charge is 2.24. The van der Waals surface area contributed by atoms with E-state index in [9.17, 15) is 19.7 Å². The summed E-state index contributed by atoms with van der Waals surface area (Å²) >= 11 is 0. The van der Waals surface area contributed by atoms with Crippen LogP contribution in [0, 0.1) is 10.1 Å². The maximum atomic E-state index is 12.6. The second-order valence-electron chi connectivity index (χ2n) is 6.83. The van der Waals surface area contributed by atoms with Gasteiger partial charge in [0, 0.05) is 17.7 Å². The first-order valence-electron chi connectivity index (χ1n) is 8.22. The molecular formula is C19H21N3O5. The first-order chi connectivity index (χ1) is 12.6. The van der Waals surface area contributed by atoms with Crippen molar-refractivity contribution in [2.24, 2.45) is 0 Å². The van der Waals surface area contributed by atoms with Gasteiger partial charge in [0.15, 0.2) is 5.78 Å². The summed E-state index contributed by atoms with van der Waals surface area (Å²) in [5.74, 6) is -0.0686. The van der Waals surface area contributed by atoms with E-state index in [1.54, 1.807) is 45.0 Å². The van der Waals surface area contributed by atoms with Crippen molar-refractivity contribution in [3.8, 4) is 0 Å². The quantitative estimate of drug-likeness (QED) is 0.469. The molecule has 8 nitrogen and oxygen atoms in total. The van der Waals surface area contributed by atoms with Crippen LogP contribution in [0.1, 0.15) is 38.1 Å². The molecule has 0 spiro atoms. The molecule has 0 heterocycles. The average molecular weight is 371 g/mol. The molecule has 1 amide bonds. The number of nitro groups is 1. The fourth-order valence-electron chi connectivity index (χ4n) is 2.16. The number of hydrazine groups is 1. The Morgan fingerprint density at radius 2 is 1.59 bits per heavy atom. The van der Waals surface area contributed by atoms with E-state index >= 15 is 0 Å².